The van der Waals surface area contributed by atoms with Crippen molar-refractivity contribution in [3.05, 3.63) is 102 Å². The van der Waals surface area contributed by atoms with Gasteiger partial charge in [0.25, 0.3) is 17.3 Å². The van der Waals surface area contributed by atoms with Gasteiger partial charge in [0.15, 0.2) is 11.5 Å². The van der Waals surface area contributed by atoms with Crippen LogP contribution in [0.2, 0.25) is 0 Å². The van der Waals surface area contributed by atoms with Crippen LogP contribution in [-0.4, -0.2) is 29.1 Å². The molecule has 3 aromatic carbocycles. The van der Waals surface area contributed by atoms with Gasteiger partial charge in [0.05, 0.1) is 39.3 Å². The molecule has 12 heteroatoms. The average Bonchev–Trinajstić information content (AvgIpc) is 2.83. The molecule has 0 saturated heterocycles. The molecule has 0 unspecified atom stereocenters. The molecular formula is C23H19BrN4O7. The van der Waals surface area contributed by atoms with Crippen molar-refractivity contribution in [2.45, 2.75) is 13.5 Å². The van der Waals surface area contributed by atoms with Gasteiger partial charge in [-0.05, 0) is 46.1 Å². The summed E-state index contributed by atoms with van der Waals surface area (Å²) in [4.78, 5) is 32.7. The number of hydrogen-bond donors (Lipinski definition) is 1. The number of nitrogens with one attached hydrogen (secondary N) is 1. The minimum absolute atomic E-state index is 0.276. The van der Waals surface area contributed by atoms with Crippen LogP contribution in [0.4, 0.5) is 11.4 Å². The maximum Gasteiger partial charge on any atom is 0.277 e. The van der Waals surface area contributed by atoms with Gasteiger partial charge >= 0.3 is 0 Å². The van der Waals surface area contributed by atoms with Gasteiger partial charge in [-0.1, -0.05) is 29.8 Å². The van der Waals surface area contributed by atoms with Gasteiger partial charge in [-0.2, -0.15) is 5.10 Å². The number of nitrogens with zero attached hydrogens (tertiary/aromatic N) is 3. The van der Waals surface area contributed by atoms with E-state index in [1.54, 1.807) is 12.1 Å². The molecule has 0 aliphatic carbocycles. The van der Waals surface area contributed by atoms with Crippen molar-refractivity contribution in [1.29, 1.82) is 0 Å². The predicted octanol–water partition coefficient (Wildman–Crippen LogP) is 4.93. The van der Waals surface area contributed by atoms with E-state index in [1.165, 1.54) is 13.3 Å². The van der Waals surface area contributed by atoms with Crippen molar-refractivity contribution in [3.63, 3.8) is 0 Å². The number of carbonyl (C=O) groups excluding carboxylic acids is 1. The van der Waals surface area contributed by atoms with Gasteiger partial charge in [-0.3, -0.25) is 25.0 Å². The molecule has 35 heavy (non-hydrogen) atoms. The van der Waals surface area contributed by atoms with Gasteiger partial charge < -0.3 is 9.47 Å². The van der Waals surface area contributed by atoms with Crippen molar-refractivity contribution in [2.75, 3.05) is 7.11 Å². The topological polar surface area (TPSA) is 146 Å². The predicted molar refractivity (Wildman–Crippen MR) is 131 cm³/mol. The van der Waals surface area contributed by atoms with E-state index in [4.69, 9.17) is 9.47 Å². The zero-order chi connectivity index (χ0) is 25.5. The molecule has 11 nitrogen and oxygen atoms in total. The number of benzene rings is 3. The fourth-order valence-electron chi connectivity index (χ4n) is 2.96. The summed E-state index contributed by atoms with van der Waals surface area (Å²) in [5, 5.41) is 25.8. The minimum atomic E-state index is -0.850. The Hall–Kier alpha value is -4.32. The van der Waals surface area contributed by atoms with Crippen LogP contribution in [0.1, 0.15) is 27.0 Å². The lowest BCUT2D eigenvalue weighted by Gasteiger charge is -2.13. The molecule has 0 radical (unpaired) electrons. The number of hydrogen-bond acceptors (Lipinski definition) is 8. The summed E-state index contributed by atoms with van der Waals surface area (Å²) >= 11 is 3.44. The summed E-state index contributed by atoms with van der Waals surface area (Å²) in [7, 11) is 1.48. The van der Waals surface area contributed by atoms with E-state index in [0.717, 1.165) is 29.3 Å². The van der Waals surface area contributed by atoms with Crippen LogP contribution in [0.5, 0.6) is 11.5 Å². The van der Waals surface area contributed by atoms with Crippen LogP contribution < -0.4 is 14.9 Å². The van der Waals surface area contributed by atoms with Crippen molar-refractivity contribution < 1.29 is 24.1 Å². The van der Waals surface area contributed by atoms with E-state index < -0.39 is 27.1 Å². The van der Waals surface area contributed by atoms with Crippen LogP contribution in [0.25, 0.3) is 0 Å². The molecule has 3 rings (SSSR count). The summed E-state index contributed by atoms with van der Waals surface area (Å²) < 4.78 is 11.9. The van der Waals surface area contributed by atoms with Gasteiger partial charge in [0.2, 0.25) is 0 Å². The van der Waals surface area contributed by atoms with E-state index in [1.807, 2.05) is 31.2 Å². The minimum Gasteiger partial charge on any atom is -0.493 e. The maximum absolute atomic E-state index is 12.3. The third kappa shape index (κ3) is 6.60. The lowest BCUT2D eigenvalue weighted by Crippen LogP contribution is -2.18. The monoisotopic (exact) mass is 542 g/mol. The summed E-state index contributed by atoms with van der Waals surface area (Å²) in [6.07, 6.45) is 1.32. The van der Waals surface area contributed by atoms with Crippen LogP contribution in [0.3, 0.4) is 0 Å². The average molecular weight is 543 g/mol. The molecule has 1 amide bonds. The SMILES string of the molecule is COc1cc(/C=N\NC(=O)c2cc([N+](=O)[O-])cc([N+](=O)[O-])c2)cc(Br)c1OCc1ccc(C)cc1. The highest BCUT2D eigenvalue weighted by Crippen LogP contribution is 2.37. The standard InChI is InChI=1S/C23H19BrN4O7/c1-14-3-5-15(6-4-14)13-35-22-20(24)7-16(8-21(22)34-2)12-25-26-23(29)17-9-18(27(30)31)11-19(10-17)28(32)33/h3-12H,13H2,1-2H3,(H,26,29)/b25-12-. The lowest BCUT2D eigenvalue weighted by molar-refractivity contribution is -0.394. The normalized spacial score (nSPS) is 10.7. The number of hydrazone groups is 1. The zero-order valence-corrected chi connectivity index (χ0v) is 20.1. The molecule has 180 valence electrons. The number of rotatable bonds is 9. The summed E-state index contributed by atoms with van der Waals surface area (Å²) in [5.74, 6) is 0.0591. The highest BCUT2D eigenvalue weighted by atomic mass is 79.9. The number of non-ortho nitro benzene ring substituents is 2. The fourth-order valence-corrected chi connectivity index (χ4v) is 3.54. The molecule has 0 aliphatic rings. The molecule has 1 N–H and O–H groups in total. The Kier molecular flexibility index (Phi) is 8.10. The summed E-state index contributed by atoms with van der Waals surface area (Å²) in [6.45, 7) is 2.33. The van der Waals surface area contributed by atoms with Crippen LogP contribution >= 0.6 is 15.9 Å². The molecule has 0 aliphatic heterocycles. The van der Waals surface area contributed by atoms with E-state index in [2.05, 4.69) is 26.5 Å². The van der Waals surface area contributed by atoms with Crippen LogP contribution in [0.15, 0.2) is 64.2 Å². The van der Waals surface area contributed by atoms with Crippen molar-refractivity contribution >= 4 is 39.4 Å². The largest absolute Gasteiger partial charge is 0.493 e. The molecule has 0 saturated carbocycles. The van der Waals surface area contributed by atoms with Crippen LogP contribution in [0, 0.1) is 27.2 Å². The Labute approximate surface area is 207 Å². The Morgan fingerprint density at radius 2 is 1.69 bits per heavy atom. The molecule has 3 aromatic rings. The molecule has 0 heterocycles. The number of amides is 1. The van der Waals surface area contributed by atoms with E-state index in [-0.39, 0.29) is 5.56 Å². The third-order valence-electron chi connectivity index (χ3n) is 4.72. The first-order valence-corrected chi connectivity index (χ1v) is 10.8. The smallest absolute Gasteiger partial charge is 0.277 e. The molecule has 0 fully saturated rings. The number of ether oxygens (including phenoxy) is 2. The Morgan fingerprint density at radius 3 is 2.26 bits per heavy atom. The fraction of sp³-hybridized carbons (Fsp3) is 0.130. The van der Waals surface area contributed by atoms with Gasteiger partial charge in [-0.25, -0.2) is 5.43 Å². The van der Waals surface area contributed by atoms with Gasteiger partial charge in [-0.15, -0.1) is 0 Å². The lowest BCUT2D eigenvalue weighted by atomic mass is 10.1. The quantitative estimate of drug-likeness (QED) is 0.229. The van der Waals surface area contributed by atoms with Crippen molar-refractivity contribution in [1.82, 2.24) is 5.43 Å². The molecule has 0 bridgehead atoms. The molecule has 0 atom stereocenters. The number of aryl methyl sites for hydroxylation is 1. The third-order valence-corrected chi connectivity index (χ3v) is 5.31. The van der Waals surface area contributed by atoms with Gasteiger partial charge in [0.1, 0.15) is 6.61 Å². The number of carbonyl (C=O) groups is 1. The number of methoxy groups -OCH3 is 1. The van der Waals surface area contributed by atoms with Gasteiger partial charge in [0, 0.05) is 12.1 Å². The molecule has 0 aromatic heterocycles. The van der Waals surface area contributed by atoms with E-state index in [0.29, 0.717) is 28.1 Å². The number of nitro benzene ring substituents is 2. The second-order valence-corrected chi connectivity index (χ2v) is 8.11. The summed E-state index contributed by atoms with van der Waals surface area (Å²) in [6, 6.07) is 13.9. The highest BCUT2D eigenvalue weighted by molar-refractivity contribution is 9.10. The molecular weight excluding hydrogens is 524 g/mol. The first kappa shape index (κ1) is 25.3. The van der Waals surface area contributed by atoms with Crippen LogP contribution in [-0.2, 0) is 6.61 Å². The van der Waals surface area contributed by atoms with E-state index in [9.17, 15) is 25.0 Å². The Bertz CT molecular complexity index is 1280. The first-order valence-electron chi connectivity index (χ1n) is 10.0. The van der Waals surface area contributed by atoms with Crippen molar-refractivity contribution in [2.24, 2.45) is 5.10 Å². The summed E-state index contributed by atoms with van der Waals surface area (Å²) in [5.41, 5.74) is 3.44. The zero-order valence-electron chi connectivity index (χ0n) is 18.6. The molecule has 0 spiro atoms. The number of nitro groups is 2. The second-order valence-electron chi connectivity index (χ2n) is 7.26. The first-order chi connectivity index (χ1) is 16.7. The maximum atomic E-state index is 12.3. The number of halogens is 1. The van der Waals surface area contributed by atoms with E-state index >= 15 is 0 Å². The second kappa shape index (κ2) is 11.2. The van der Waals surface area contributed by atoms with Crippen molar-refractivity contribution in [3.8, 4) is 11.5 Å². The highest BCUT2D eigenvalue weighted by Gasteiger charge is 2.19. The Balaban J connectivity index is 1.74. The Morgan fingerprint density at radius 1 is 1.06 bits per heavy atom.